The van der Waals surface area contributed by atoms with E-state index in [9.17, 15) is 0 Å². The summed E-state index contributed by atoms with van der Waals surface area (Å²) in [5, 5.41) is 0. The van der Waals surface area contributed by atoms with Crippen LogP contribution in [-0.4, -0.2) is 50.0 Å². The molecule has 12 heteroatoms. The first-order chi connectivity index (χ1) is 13.9. The van der Waals surface area contributed by atoms with Crippen molar-refractivity contribution in [3.63, 3.8) is 0 Å². The number of allylic oxidation sites excluding steroid dienone is 2. The molecule has 0 spiro atoms. The predicted molar refractivity (Wildman–Crippen MR) is 91.6 cm³/mol. The van der Waals surface area contributed by atoms with Crippen LogP contribution in [-0.2, 0) is 5.66 Å². The van der Waals surface area contributed by atoms with Gasteiger partial charge in [-0.05, 0) is 0 Å². The molecule has 0 amide bonds. The van der Waals surface area contributed by atoms with Crippen LogP contribution in [0.1, 0.15) is 0 Å². The Labute approximate surface area is 160 Å². The second-order valence-corrected chi connectivity index (χ2v) is 6.40. The third-order valence-corrected chi connectivity index (χ3v) is 4.97. The Hall–Kier alpha value is -3.70. The third-order valence-electron chi connectivity index (χ3n) is 4.97. The molecule has 1 aliphatic carbocycles. The van der Waals surface area contributed by atoms with Crippen LogP contribution in [0.4, 0.5) is 17.6 Å². The molecular weight excluding hydrogens is 392 g/mol. The minimum absolute atomic E-state index is 0.418. The monoisotopic (exact) mass is 404 g/mol. The fourth-order valence-electron chi connectivity index (χ4n) is 3.80. The van der Waals surface area contributed by atoms with E-state index in [4.69, 9.17) is 0 Å². The smallest absolute Gasteiger partial charge is 0.304 e. The van der Waals surface area contributed by atoms with Gasteiger partial charge in [-0.2, -0.15) is 17.6 Å². The van der Waals surface area contributed by atoms with E-state index in [0.29, 0.717) is 0 Å². The second kappa shape index (κ2) is 5.65. The molecule has 0 saturated heterocycles. The summed E-state index contributed by atoms with van der Waals surface area (Å²) < 4.78 is 66.7. The maximum Gasteiger partial charge on any atom is 0.363 e. The molecule has 0 bridgehead atoms. The van der Waals surface area contributed by atoms with Gasteiger partial charge in [0.25, 0.3) is 0 Å². The summed E-state index contributed by atoms with van der Waals surface area (Å²) in [4.78, 5) is 15.3. The Morgan fingerprint density at radius 2 is 1.03 bits per heavy atom. The van der Waals surface area contributed by atoms with Gasteiger partial charge in [0.15, 0.2) is 0 Å². The number of halogens is 4. The Bertz CT molecular complexity index is 1110. The largest absolute Gasteiger partial charge is 0.363 e. The second-order valence-electron chi connectivity index (χ2n) is 6.40. The molecule has 0 N–H and O–H groups in total. The van der Waals surface area contributed by atoms with Crippen LogP contribution in [0.25, 0.3) is 11.4 Å². The van der Waals surface area contributed by atoms with Crippen LogP contribution in [0.3, 0.4) is 0 Å². The zero-order valence-corrected chi connectivity index (χ0v) is 14.5. The Kier molecular flexibility index (Phi) is 3.39. The molecule has 0 aliphatic heterocycles. The Morgan fingerprint density at radius 3 is 1.45 bits per heavy atom. The van der Waals surface area contributed by atoms with Crippen molar-refractivity contribution in [3.05, 3.63) is 74.9 Å². The lowest BCUT2D eigenvalue weighted by molar-refractivity contribution is -0.217. The van der Waals surface area contributed by atoms with E-state index in [1.54, 1.807) is 0 Å². The predicted octanol–water partition coefficient (Wildman–Crippen LogP) is 2.48. The van der Waals surface area contributed by atoms with Crippen molar-refractivity contribution < 1.29 is 17.6 Å². The van der Waals surface area contributed by atoms with Gasteiger partial charge >= 0.3 is 11.8 Å². The molecule has 1 aliphatic rings. The lowest BCUT2D eigenvalue weighted by Gasteiger charge is -2.40. The molecule has 148 valence electrons. The summed E-state index contributed by atoms with van der Waals surface area (Å²) in [6, 6.07) is 0. The summed E-state index contributed by atoms with van der Waals surface area (Å²) >= 11 is 0. The Balaban J connectivity index is 2.00. The van der Waals surface area contributed by atoms with Gasteiger partial charge in [-0.15, -0.1) is 0 Å². The van der Waals surface area contributed by atoms with Crippen LogP contribution >= 0.6 is 0 Å². The normalized spacial score (nSPS) is 19.7. The molecule has 4 aromatic heterocycles. The molecule has 4 heterocycles. The standard InChI is InChI=1S/C17H12F4N8/c18-15(19)13(26-5-1-22-9-26)14(27-6-2-23-10-27)16(17(15,20)21,28-7-3-24-11-28)29-8-4-25-12-29/h1-12H. The van der Waals surface area contributed by atoms with E-state index >= 15 is 17.6 Å². The zero-order chi connectivity index (χ0) is 20.3. The van der Waals surface area contributed by atoms with Crippen LogP contribution in [0, 0.1) is 0 Å². The summed E-state index contributed by atoms with van der Waals surface area (Å²) in [6.07, 6.45) is 14.3. The van der Waals surface area contributed by atoms with E-state index in [1.165, 1.54) is 55.9 Å². The minimum atomic E-state index is -4.62. The quantitative estimate of drug-likeness (QED) is 0.490. The minimum Gasteiger partial charge on any atom is -0.304 e. The van der Waals surface area contributed by atoms with E-state index in [-0.39, 0.29) is 0 Å². The van der Waals surface area contributed by atoms with Gasteiger partial charge in [0.2, 0.25) is 5.66 Å². The van der Waals surface area contributed by atoms with Gasteiger partial charge in [-0.3, -0.25) is 0 Å². The van der Waals surface area contributed by atoms with E-state index in [1.807, 2.05) is 0 Å². The number of hydrogen-bond donors (Lipinski definition) is 0. The molecule has 8 nitrogen and oxygen atoms in total. The van der Waals surface area contributed by atoms with Crippen LogP contribution in [0.15, 0.2) is 74.9 Å². The summed E-state index contributed by atoms with van der Waals surface area (Å²) in [6.45, 7) is 0. The van der Waals surface area contributed by atoms with Gasteiger partial charge in [-0.1, -0.05) is 0 Å². The number of alkyl halides is 4. The van der Waals surface area contributed by atoms with Gasteiger partial charge in [0.05, 0.1) is 25.3 Å². The number of aromatic nitrogens is 8. The first-order valence-corrected chi connectivity index (χ1v) is 8.36. The summed E-state index contributed by atoms with van der Waals surface area (Å²) in [5.41, 5.74) is -4.07. The van der Waals surface area contributed by atoms with Crippen molar-refractivity contribution in [2.24, 2.45) is 0 Å². The van der Waals surface area contributed by atoms with Crippen molar-refractivity contribution >= 4 is 11.4 Å². The van der Waals surface area contributed by atoms with Gasteiger partial charge in [0, 0.05) is 49.6 Å². The summed E-state index contributed by atoms with van der Waals surface area (Å²) in [5.74, 6) is -9.21. The molecule has 5 rings (SSSR count). The lowest BCUT2D eigenvalue weighted by atomic mass is 10.0. The average Bonchev–Trinajstić information content (AvgIpc) is 3.50. The Morgan fingerprint density at radius 1 is 0.586 bits per heavy atom. The number of imidazole rings is 4. The molecule has 0 radical (unpaired) electrons. The topological polar surface area (TPSA) is 71.3 Å². The molecule has 4 aromatic rings. The van der Waals surface area contributed by atoms with Crippen LogP contribution in [0.5, 0.6) is 0 Å². The molecule has 0 aromatic carbocycles. The van der Waals surface area contributed by atoms with E-state index in [0.717, 1.165) is 37.3 Å². The number of hydrogen-bond acceptors (Lipinski definition) is 4. The highest BCUT2D eigenvalue weighted by atomic mass is 19.3. The molecule has 0 unspecified atom stereocenters. The van der Waals surface area contributed by atoms with Gasteiger partial charge < -0.3 is 18.3 Å². The SMILES string of the molecule is FC1(F)C(n2ccnc2)=C(n2ccnc2)C(n2ccnc2)(n2ccnc2)C1(F)F. The maximum atomic E-state index is 15.9. The molecule has 0 fully saturated rings. The molecular formula is C17H12F4N8. The first-order valence-electron chi connectivity index (χ1n) is 8.36. The highest BCUT2D eigenvalue weighted by Gasteiger charge is 2.80. The lowest BCUT2D eigenvalue weighted by Crippen LogP contribution is -2.59. The van der Waals surface area contributed by atoms with Crippen molar-refractivity contribution in [1.82, 2.24) is 38.2 Å². The van der Waals surface area contributed by atoms with Gasteiger partial charge in [0.1, 0.15) is 11.4 Å². The highest BCUT2D eigenvalue weighted by Crippen LogP contribution is 2.63. The first kappa shape index (κ1) is 17.4. The van der Waals surface area contributed by atoms with Crippen molar-refractivity contribution in [2.45, 2.75) is 17.5 Å². The number of nitrogens with zero attached hydrogens (tertiary/aromatic N) is 8. The van der Waals surface area contributed by atoms with Crippen LogP contribution < -0.4 is 0 Å². The molecule has 0 saturated carbocycles. The fraction of sp³-hybridized carbons (Fsp3) is 0.176. The average molecular weight is 404 g/mol. The van der Waals surface area contributed by atoms with E-state index < -0.39 is 28.9 Å². The summed E-state index contributed by atoms with van der Waals surface area (Å²) in [7, 11) is 0. The van der Waals surface area contributed by atoms with E-state index in [2.05, 4.69) is 19.9 Å². The fourth-order valence-corrected chi connectivity index (χ4v) is 3.80. The molecule has 29 heavy (non-hydrogen) atoms. The highest BCUT2D eigenvalue weighted by molar-refractivity contribution is 5.87. The zero-order valence-electron chi connectivity index (χ0n) is 14.5. The third kappa shape index (κ3) is 1.97. The maximum absolute atomic E-state index is 15.9. The number of rotatable bonds is 4. The van der Waals surface area contributed by atoms with Crippen LogP contribution in [0.2, 0.25) is 0 Å². The van der Waals surface area contributed by atoms with Crippen molar-refractivity contribution in [3.8, 4) is 0 Å². The van der Waals surface area contributed by atoms with Gasteiger partial charge in [-0.25, -0.2) is 19.9 Å². The van der Waals surface area contributed by atoms with Crippen molar-refractivity contribution in [1.29, 1.82) is 0 Å². The van der Waals surface area contributed by atoms with Crippen molar-refractivity contribution in [2.75, 3.05) is 0 Å². The molecule has 0 atom stereocenters.